The predicted molar refractivity (Wildman–Crippen MR) is 29.8 cm³/mol. The largest absolute Gasteiger partial charge is 0.411 e. The summed E-state index contributed by atoms with van der Waals surface area (Å²) in [7, 11) is 0. The molecule has 4 nitrogen and oxygen atoms in total. The first-order valence-electron chi connectivity index (χ1n) is 2.10. The molecule has 50 valence electrons. The SMILES string of the molecule is CC(=N/O)/C(C)=N/O.[Nd]. The van der Waals surface area contributed by atoms with Crippen molar-refractivity contribution in [2.75, 3.05) is 0 Å². The van der Waals surface area contributed by atoms with Crippen LogP contribution in [-0.2, 0) is 0 Å². The molecule has 0 atom stereocenters. The minimum Gasteiger partial charge on any atom is -0.411 e. The normalized spacial score (nSPS) is 12.7. The zero-order valence-electron chi connectivity index (χ0n) is 5.29. The number of nitrogens with zero attached hydrogens (tertiary/aromatic N) is 2. The van der Waals surface area contributed by atoms with Gasteiger partial charge in [-0.15, -0.1) is 0 Å². The van der Waals surface area contributed by atoms with Gasteiger partial charge in [-0.2, -0.15) is 0 Å². The molecule has 0 spiro atoms. The molecule has 0 aliphatic carbocycles. The van der Waals surface area contributed by atoms with Crippen LogP contribution >= 0.6 is 0 Å². The summed E-state index contributed by atoms with van der Waals surface area (Å²) < 4.78 is 0. The molecule has 0 saturated carbocycles. The van der Waals surface area contributed by atoms with E-state index in [-0.39, 0.29) is 40.8 Å². The molecule has 0 fully saturated rings. The van der Waals surface area contributed by atoms with Crippen molar-refractivity contribution in [1.82, 2.24) is 0 Å². The molecule has 0 aliphatic heterocycles. The van der Waals surface area contributed by atoms with Gasteiger partial charge >= 0.3 is 0 Å². The van der Waals surface area contributed by atoms with Crippen molar-refractivity contribution >= 4 is 11.4 Å². The molecule has 0 radical (unpaired) electrons. The molecule has 0 aromatic rings. The van der Waals surface area contributed by atoms with Crippen LogP contribution in [0.1, 0.15) is 13.8 Å². The molecule has 2 N–H and O–H groups in total. The van der Waals surface area contributed by atoms with Crippen LogP contribution in [0.4, 0.5) is 0 Å². The molecule has 9 heavy (non-hydrogen) atoms. The van der Waals surface area contributed by atoms with Crippen LogP contribution in [0, 0.1) is 40.8 Å². The van der Waals surface area contributed by atoms with Gasteiger partial charge < -0.3 is 10.4 Å². The quantitative estimate of drug-likeness (QED) is 0.414. The second-order valence-corrected chi connectivity index (χ2v) is 1.37. The Hall–Kier alpha value is 0.291. The molecule has 0 aliphatic rings. The monoisotopic (exact) mass is 258 g/mol. The summed E-state index contributed by atoms with van der Waals surface area (Å²) in [6.07, 6.45) is 0. The van der Waals surface area contributed by atoms with E-state index in [0.29, 0.717) is 11.4 Å². The minimum absolute atomic E-state index is 0. The van der Waals surface area contributed by atoms with Crippen molar-refractivity contribution in [2.24, 2.45) is 10.3 Å². The van der Waals surface area contributed by atoms with Crippen LogP contribution in [0.25, 0.3) is 0 Å². The van der Waals surface area contributed by atoms with Crippen LogP contribution in [0.15, 0.2) is 10.3 Å². The van der Waals surface area contributed by atoms with Gasteiger partial charge in [-0.3, -0.25) is 0 Å². The zero-order chi connectivity index (χ0) is 6.57. The zero-order valence-corrected chi connectivity index (χ0v) is 8.50. The number of hydrogen-bond donors (Lipinski definition) is 2. The summed E-state index contributed by atoms with van der Waals surface area (Å²) in [6.45, 7) is 3.07. The van der Waals surface area contributed by atoms with Gasteiger partial charge in [-0.05, 0) is 13.8 Å². The summed E-state index contributed by atoms with van der Waals surface area (Å²) in [5.74, 6) is 0. The van der Waals surface area contributed by atoms with Gasteiger partial charge in [-0.25, -0.2) is 0 Å². The average Bonchev–Trinajstić information content (AvgIpc) is 1.84. The Morgan fingerprint density at radius 1 is 1.00 bits per heavy atom. The molecule has 0 bridgehead atoms. The molecular formula is C4H8N2NdO2. The summed E-state index contributed by atoms with van der Waals surface area (Å²) in [5, 5.41) is 21.6. The number of rotatable bonds is 1. The van der Waals surface area contributed by atoms with Crippen molar-refractivity contribution in [3.8, 4) is 0 Å². The van der Waals surface area contributed by atoms with Crippen LogP contribution < -0.4 is 0 Å². The Labute approximate surface area is 86.2 Å². The van der Waals surface area contributed by atoms with Crippen molar-refractivity contribution in [2.45, 2.75) is 13.8 Å². The van der Waals surface area contributed by atoms with E-state index in [1.165, 1.54) is 13.8 Å². The van der Waals surface area contributed by atoms with E-state index in [1.807, 2.05) is 0 Å². The number of oxime groups is 2. The Morgan fingerprint density at radius 2 is 1.22 bits per heavy atom. The molecule has 0 rings (SSSR count). The maximum Gasteiger partial charge on any atom is 0.101 e. The van der Waals surface area contributed by atoms with Crippen LogP contribution in [0.5, 0.6) is 0 Å². The minimum atomic E-state index is 0. The number of hydrogen-bond acceptors (Lipinski definition) is 4. The molecule has 0 amide bonds. The van der Waals surface area contributed by atoms with Crippen LogP contribution in [0.2, 0.25) is 0 Å². The van der Waals surface area contributed by atoms with E-state index in [2.05, 4.69) is 10.3 Å². The third-order valence-electron chi connectivity index (χ3n) is 0.824. The Bertz CT molecular complexity index is 117. The van der Waals surface area contributed by atoms with E-state index in [9.17, 15) is 0 Å². The van der Waals surface area contributed by atoms with Gasteiger partial charge in [0.25, 0.3) is 0 Å². The first kappa shape index (κ1) is 12.0. The Balaban J connectivity index is 0. The van der Waals surface area contributed by atoms with E-state index in [0.717, 1.165) is 0 Å². The fraction of sp³-hybridized carbons (Fsp3) is 0.500. The van der Waals surface area contributed by atoms with Gasteiger partial charge in [0.1, 0.15) is 11.4 Å². The molecule has 5 heteroatoms. The van der Waals surface area contributed by atoms with E-state index in [4.69, 9.17) is 10.4 Å². The van der Waals surface area contributed by atoms with Gasteiger partial charge in [0, 0.05) is 40.8 Å². The molecule has 0 unspecified atom stereocenters. The van der Waals surface area contributed by atoms with Crippen molar-refractivity contribution in [1.29, 1.82) is 0 Å². The summed E-state index contributed by atoms with van der Waals surface area (Å²) in [6, 6.07) is 0. The third kappa shape index (κ3) is 4.77. The summed E-state index contributed by atoms with van der Waals surface area (Å²) in [5.41, 5.74) is 0.625. The standard InChI is InChI=1S/C4H8N2O2.Nd/c1-3(5-7)4(2)6-8;/h7-8H,1-2H3;/b5-3-,6-4+;. The van der Waals surface area contributed by atoms with E-state index >= 15 is 0 Å². The van der Waals surface area contributed by atoms with E-state index < -0.39 is 0 Å². The molecule has 0 saturated heterocycles. The van der Waals surface area contributed by atoms with Gasteiger partial charge in [0.15, 0.2) is 0 Å². The summed E-state index contributed by atoms with van der Waals surface area (Å²) in [4.78, 5) is 0. The van der Waals surface area contributed by atoms with E-state index in [1.54, 1.807) is 0 Å². The Morgan fingerprint density at radius 3 is 1.33 bits per heavy atom. The van der Waals surface area contributed by atoms with Crippen molar-refractivity contribution in [3.63, 3.8) is 0 Å². The first-order valence-corrected chi connectivity index (χ1v) is 2.10. The topological polar surface area (TPSA) is 65.2 Å². The molecule has 0 aromatic carbocycles. The van der Waals surface area contributed by atoms with Crippen molar-refractivity contribution in [3.05, 3.63) is 0 Å². The molecular weight excluding hydrogens is 252 g/mol. The molecule has 0 heterocycles. The van der Waals surface area contributed by atoms with Crippen LogP contribution in [-0.4, -0.2) is 21.8 Å². The fourth-order valence-electron chi connectivity index (χ4n) is 0.145. The average molecular weight is 260 g/mol. The predicted octanol–water partition coefficient (Wildman–Crippen LogP) is 0.687. The van der Waals surface area contributed by atoms with Crippen molar-refractivity contribution < 1.29 is 51.3 Å². The fourth-order valence-corrected chi connectivity index (χ4v) is 0.145. The molecule has 0 aromatic heterocycles. The van der Waals surface area contributed by atoms with Gasteiger partial charge in [-0.1, -0.05) is 10.3 Å². The Kier molecular flexibility index (Phi) is 8.56. The second-order valence-electron chi connectivity index (χ2n) is 1.37. The smallest absolute Gasteiger partial charge is 0.101 e. The van der Waals surface area contributed by atoms with Gasteiger partial charge in [0.05, 0.1) is 0 Å². The third-order valence-corrected chi connectivity index (χ3v) is 0.824. The van der Waals surface area contributed by atoms with Crippen LogP contribution in [0.3, 0.4) is 0 Å². The van der Waals surface area contributed by atoms with Gasteiger partial charge in [0.2, 0.25) is 0 Å². The summed E-state index contributed by atoms with van der Waals surface area (Å²) >= 11 is 0. The maximum atomic E-state index is 8.03. The maximum absolute atomic E-state index is 8.03. The second kappa shape index (κ2) is 6.41. The first-order chi connectivity index (χ1) is 3.72.